The zero-order valence-corrected chi connectivity index (χ0v) is 9.37. The lowest BCUT2D eigenvalue weighted by molar-refractivity contribution is -0.137. The van der Waals surface area contributed by atoms with E-state index in [1.165, 1.54) is 19.3 Å². The molecule has 1 spiro atoms. The molecular formula is C12H21NO2. The molecule has 0 aromatic carbocycles. The lowest BCUT2D eigenvalue weighted by Crippen LogP contribution is -2.36. The Kier molecular flexibility index (Phi) is 3.29. The van der Waals surface area contributed by atoms with Gasteiger partial charge in [0.2, 0.25) is 5.91 Å². The van der Waals surface area contributed by atoms with Crippen molar-refractivity contribution < 1.29 is 9.90 Å². The summed E-state index contributed by atoms with van der Waals surface area (Å²) in [6, 6.07) is 0. The van der Waals surface area contributed by atoms with E-state index in [9.17, 15) is 4.79 Å². The maximum Gasteiger partial charge on any atom is 0.228 e. The minimum absolute atomic E-state index is 0.00764. The van der Waals surface area contributed by atoms with Crippen molar-refractivity contribution in [3.8, 4) is 0 Å². The van der Waals surface area contributed by atoms with Crippen molar-refractivity contribution in [3.05, 3.63) is 0 Å². The van der Waals surface area contributed by atoms with E-state index in [4.69, 9.17) is 5.11 Å². The molecule has 0 radical (unpaired) electrons. The van der Waals surface area contributed by atoms with E-state index in [1.807, 2.05) is 4.90 Å². The molecule has 0 aromatic rings. The van der Waals surface area contributed by atoms with Crippen LogP contribution in [0.15, 0.2) is 0 Å². The van der Waals surface area contributed by atoms with Crippen molar-refractivity contribution in [2.24, 2.45) is 5.41 Å². The highest BCUT2D eigenvalue weighted by molar-refractivity contribution is 5.84. The third-order valence-electron chi connectivity index (χ3n) is 4.00. The van der Waals surface area contributed by atoms with Gasteiger partial charge in [-0.15, -0.1) is 0 Å². The molecule has 86 valence electrons. The summed E-state index contributed by atoms with van der Waals surface area (Å²) in [6.45, 7) is 1.85. The fourth-order valence-electron chi connectivity index (χ4n) is 3.06. The van der Waals surface area contributed by atoms with Gasteiger partial charge in [-0.05, 0) is 25.7 Å². The van der Waals surface area contributed by atoms with Gasteiger partial charge in [-0.1, -0.05) is 19.3 Å². The van der Waals surface area contributed by atoms with Crippen molar-refractivity contribution in [2.75, 3.05) is 19.7 Å². The van der Waals surface area contributed by atoms with Crippen LogP contribution in [0.1, 0.15) is 44.9 Å². The molecule has 1 N–H and O–H groups in total. The Hall–Kier alpha value is -0.570. The standard InChI is InChI=1S/C12H21NO2/c14-10-4-8-13-9-7-12(11(13)15)5-2-1-3-6-12/h14H,1-10H2. The Balaban J connectivity index is 1.96. The van der Waals surface area contributed by atoms with Gasteiger partial charge < -0.3 is 10.0 Å². The predicted octanol–water partition coefficient (Wildman–Crippen LogP) is 1.55. The monoisotopic (exact) mass is 211 g/mol. The number of rotatable bonds is 3. The number of carbonyl (C=O) groups excluding carboxylic acids is 1. The van der Waals surface area contributed by atoms with Gasteiger partial charge in [0, 0.05) is 19.7 Å². The van der Waals surface area contributed by atoms with Gasteiger partial charge >= 0.3 is 0 Å². The second kappa shape index (κ2) is 4.52. The fourth-order valence-corrected chi connectivity index (χ4v) is 3.06. The van der Waals surface area contributed by atoms with E-state index in [2.05, 4.69) is 0 Å². The van der Waals surface area contributed by atoms with Crippen LogP contribution in [0.4, 0.5) is 0 Å². The van der Waals surface area contributed by atoms with Crippen LogP contribution in [0.2, 0.25) is 0 Å². The number of amides is 1. The first-order valence-electron chi connectivity index (χ1n) is 6.19. The van der Waals surface area contributed by atoms with Crippen molar-refractivity contribution in [1.29, 1.82) is 0 Å². The average Bonchev–Trinajstić information content (AvgIpc) is 2.56. The summed E-state index contributed by atoms with van der Waals surface area (Å²) < 4.78 is 0. The number of hydrogen-bond acceptors (Lipinski definition) is 2. The molecule has 1 amide bonds. The SMILES string of the molecule is O=C1N(CCCO)CCC12CCCCC2. The number of hydrogen-bond donors (Lipinski definition) is 1. The molecular weight excluding hydrogens is 190 g/mol. The maximum absolute atomic E-state index is 12.2. The minimum atomic E-state index is 0.00764. The number of aliphatic hydroxyl groups excluding tert-OH is 1. The second-order valence-electron chi connectivity index (χ2n) is 4.96. The molecule has 0 bridgehead atoms. The summed E-state index contributed by atoms with van der Waals surface area (Å²) in [5.74, 6) is 0.371. The van der Waals surface area contributed by atoms with Crippen LogP contribution < -0.4 is 0 Å². The Morgan fingerprint density at radius 2 is 1.93 bits per heavy atom. The summed E-state index contributed by atoms with van der Waals surface area (Å²) in [5.41, 5.74) is 0.00764. The van der Waals surface area contributed by atoms with Crippen LogP contribution in [-0.2, 0) is 4.79 Å². The van der Waals surface area contributed by atoms with Gasteiger partial charge in [0.1, 0.15) is 0 Å². The molecule has 1 aliphatic carbocycles. The van der Waals surface area contributed by atoms with E-state index in [0.717, 1.165) is 38.8 Å². The molecule has 2 rings (SSSR count). The van der Waals surface area contributed by atoms with Gasteiger partial charge in [-0.2, -0.15) is 0 Å². The first-order valence-corrected chi connectivity index (χ1v) is 6.19. The third-order valence-corrected chi connectivity index (χ3v) is 4.00. The summed E-state index contributed by atoms with van der Waals surface area (Å²) in [6.07, 6.45) is 7.72. The molecule has 0 unspecified atom stereocenters. The van der Waals surface area contributed by atoms with E-state index in [0.29, 0.717) is 5.91 Å². The largest absolute Gasteiger partial charge is 0.396 e. The lowest BCUT2D eigenvalue weighted by Gasteiger charge is -2.31. The first kappa shape index (κ1) is 10.9. The van der Waals surface area contributed by atoms with Gasteiger partial charge in [0.25, 0.3) is 0 Å². The van der Waals surface area contributed by atoms with Crippen molar-refractivity contribution in [3.63, 3.8) is 0 Å². The quantitative estimate of drug-likeness (QED) is 0.769. The molecule has 3 heteroatoms. The average molecular weight is 211 g/mol. The molecule has 0 aromatic heterocycles. The predicted molar refractivity (Wildman–Crippen MR) is 58.4 cm³/mol. The van der Waals surface area contributed by atoms with E-state index in [-0.39, 0.29) is 12.0 Å². The van der Waals surface area contributed by atoms with Crippen LogP contribution in [-0.4, -0.2) is 35.6 Å². The normalized spacial score (nSPS) is 25.1. The van der Waals surface area contributed by atoms with Crippen LogP contribution in [0.25, 0.3) is 0 Å². The minimum Gasteiger partial charge on any atom is -0.396 e. The Morgan fingerprint density at radius 3 is 2.60 bits per heavy atom. The van der Waals surface area contributed by atoms with Crippen molar-refractivity contribution >= 4 is 5.91 Å². The molecule has 1 saturated carbocycles. The molecule has 0 atom stereocenters. The van der Waals surface area contributed by atoms with Crippen LogP contribution >= 0.6 is 0 Å². The van der Waals surface area contributed by atoms with Crippen molar-refractivity contribution in [1.82, 2.24) is 4.90 Å². The highest BCUT2D eigenvalue weighted by Gasteiger charge is 2.46. The molecule has 3 nitrogen and oxygen atoms in total. The highest BCUT2D eigenvalue weighted by atomic mass is 16.3. The number of nitrogens with zero attached hydrogens (tertiary/aromatic N) is 1. The van der Waals surface area contributed by atoms with Gasteiger partial charge in [-0.25, -0.2) is 0 Å². The Bertz CT molecular complexity index is 234. The fraction of sp³-hybridized carbons (Fsp3) is 0.917. The zero-order valence-electron chi connectivity index (χ0n) is 9.37. The second-order valence-corrected chi connectivity index (χ2v) is 4.96. The topological polar surface area (TPSA) is 40.5 Å². The Labute approximate surface area is 91.5 Å². The summed E-state index contributed by atoms with van der Waals surface area (Å²) in [5, 5.41) is 8.78. The van der Waals surface area contributed by atoms with Crippen molar-refractivity contribution in [2.45, 2.75) is 44.9 Å². The summed E-state index contributed by atoms with van der Waals surface area (Å²) >= 11 is 0. The van der Waals surface area contributed by atoms with E-state index >= 15 is 0 Å². The van der Waals surface area contributed by atoms with Gasteiger partial charge in [0.15, 0.2) is 0 Å². The first-order chi connectivity index (χ1) is 7.28. The third kappa shape index (κ3) is 2.03. The zero-order chi connectivity index (χ0) is 10.7. The molecule has 2 aliphatic rings. The number of carbonyl (C=O) groups is 1. The van der Waals surface area contributed by atoms with Gasteiger partial charge in [-0.3, -0.25) is 4.79 Å². The van der Waals surface area contributed by atoms with Crippen LogP contribution in [0, 0.1) is 5.41 Å². The van der Waals surface area contributed by atoms with Gasteiger partial charge in [0.05, 0.1) is 5.41 Å². The highest BCUT2D eigenvalue weighted by Crippen LogP contribution is 2.44. The molecule has 1 heterocycles. The Morgan fingerprint density at radius 1 is 1.20 bits per heavy atom. The number of likely N-dealkylation sites (tertiary alicyclic amines) is 1. The molecule has 1 aliphatic heterocycles. The molecule has 15 heavy (non-hydrogen) atoms. The summed E-state index contributed by atoms with van der Waals surface area (Å²) in [4.78, 5) is 14.2. The smallest absolute Gasteiger partial charge is 0.228 e. The maximum atomic E-state index is 12.2. The van der Waals surface area contributed by atoms with Crippen LogP contribution in [0.5, 0.6) is 0 Å². The van der Waals surface area contributed by atoms with E-state index in [1.54, 1.807) is 0 Å². The summed E-state index contributed by atoms with van der Waals surface area (Å²) in [7, 11) is 0. The van der Waals surface area contributed by atoms with E-state index < -0.39 is 0 Å². The van der Waals surface area contributed by atoms with Crippen LogP contribution in [0.3, 0.4) is 0 Å². The lowest BCUT2D eigenvalue weighted by atomic mass is 9.73. The molecule has 1 saturated heterocycles. The number of aliphatic hydroxyl groups is 1. The molecule has 2 fully saturated rings.